The van der Waals surface area contributed by atoms with Crippen LogP contribution in [0.5, 0.6) is 0 Å². The fourth-order valence-corrected chi connectivity index (χ4v) is 5.36. The molecule has 5 rings (SSSR count). The van der Waals surface area contributed by atoms with Crippen molar-refractivity contribution in [1.82, 2.24) is 15.1 Å². The summed E-state index contributed by atoms with van der Waals surface area (Å²) in [7, 11) is 0. The van der Waals surface area contributed by atoms with Gasteiger partial charge in [-0.05, 0) is 69.3 Å². The number of rotatable bonds is 4. The van der Waals surface area contributed by atoms with Crippen molar-refractivity contribution < 1.29 is 14.7 Å². The first-order valence-corrected chi connectivity index (χ1v) is 8.54. The number of carbonyl (C=O) groups excluding carboxylic acids is 1. The van der Waals surface area contributed by atoms with Crippen molar-refractivity contribution in [3.05, 3.63) is 18.0 Å². The second-order valence-corrected chi connectivity index (χ2v) is 7.85. The number of aliphatic carboxylic acids is 1. The Bertz CT molecular complexity index is 616. The number of hydrogen-bond acceptors (Lipinski definition) is 3. The van der Waals surface area contributed by atoms with E-state index >= 15 is 0 Å². The lowest BCUT2D eigenvalue weighted by Crippen LogP contribution is -2.59. The van der Waals surface area contributed by atoms with E-state index in [4.69, 9.17) is 5.11 Å². The third-order valence-electron chi connectivity index (χ3n) is 6.01. The third-order valence-corrected chi connectivity index (χ3v) is 6.01. The van der Waals surface area contributed by atoms with Crippen LogP contribution in [-0.4, -0.2) is 32.3 Å². The van der Waals surface area contributed by atoms with Crippen molar-refractivity contribution in [2.75, 3.05) is 0 Å². The molecule has 124 valence electrons. The van der Waals surface area contributed by atoms with E-state index in [-0.39, 0.29) is 11.4 Å². The van der Waals surface area contributed by atoms with Crippen LogP contribution in [0.4, 0.5) is 0 Å². The molecule has 1 aromatic heterocycles. The quantitative estimate of drug-likeness (QED) is 0.892. The third kappa shape index (κ3) is 2.54. The van der Waals surface area contributed by atoms with Gasteiger partial charge in [-0.15, -0.1) is 0 Å². The molecule has 6 nitrogen and oxygen atoms in total. The number of carboxylic acid groups (broad SMARTS) is 1. The monoisotopic (exact) mass is 317 g/mol. The highest BCUT2D eigenvalue weighted by Gasteiger charge is 2.51. The Hall–Kier alpha value is -1.85. The van der Waals surface area contributed by atoms with Gasteiger partial charge in [0.2, 0.25) is 0 Å². The lowest BCUT2D eigenvalue weighted by atomic mass is 9.53. The molecule has 23 heavy (non-hydrogen) atoms. The summed E-state index contributed by atoms with van der Waals surface area (Å²) in [5.41, 5.74) is 0.266. The van der Waals surface area contributed by atoms with Crippen LogP contribution in [0.2, 0.25) is 0 Å². The highest BCUT2D eigenvalue weighted by molar-refractivity contribution is 5.92. The van der Waals surface area contributed by atoms with Crippen molar-refractivity contribution in [2.24, 2.45) is 17.8 Å². The topological polar surface area (TPSA) is 84.2 Å². The molecule has 1 amide bonds. The van der Waals surface area contributed by atoms with Crippen LogP contribution >= 0.6 is 0 Å². The van der Waals surface area contributed by atoms with Gasteiger partial charge in [-0.3, -0.25) is 9.48 Å². The molecule has 2 N–H and O–H groups in total. The van der Waals surface area contributed by atoms with Gasteiger partial charge in [-0.2, -0.15) is 5.10 Å². The predicted octanol–water partition coefficient (Wildman–Crippen LogP) is 2.23. The molecule has 4 aliphatic rings. The summed E-state index contributed by atoms with van der Waals surface area (Å²) in [5, 5.41) is 16.4. The van der Waals surface area contributed by atoms with E-state index in [0.717, 1.165) is 37.0 Å². The van der Waals surface area contributed by atoms with Crippen molar-refractivity contribution in [3.63, 3.8) is 0 Å². The Morgan fingerprint density at radius 1 is 1.26 bits per heavy atom. The smallest absolute Gasteiger partial charge is 0.328 e. The van der Waals surface area contributed by atoms with Gasteiger partial charge < -0.3 is 10.4 Å². The summed E-state index contributed by atoms with van der Waals surface area (Å²) < 4.78 is 1.33. The van der Waals surface area contributed by atoms with E-state index in [1.807, 2.05) is 0 Å². The standard InChI is InChI=1S/C17H23N3O3/c1-10(16(22)23)20-3-2-14(19-20)15(21)18-17-7-11-4-12(8-17)6-13(5-11)9-17/h2-3,10-13H,4-9H2,1H3,(H,18,21)(H,22,23). The molecular weight excluding hydrogens is 294 g/mol. The van der Waals surface area contributed by atoms with Crippen LogP contribution in [0.1, 0.15) is 62.0 Å². The summed E-state index contributed by atoms with van der Waals surface area (Å²) in [4.78, 5) is 23.6. The van der Waals surface area contributed by atoms with Crippen LogP contribution in [0.3, 0.4) is 0 Å². The number of hydrogen-bond donors (Lipinski definition) is 2. The molecule has 0 saturated heterocycles. The van der Waals surface area contributed by atoms with Crippen LogP contribution in [-0.2, 0) is 4.79 Å². The van der Waals surface area contributed by atoms with Crippen molar-refractivity contribution >= 4 is 11.9 Å². The molecule has 1 aromatic rings. The minimum atomic E-state index is -0.957. The molecule has 4 saturated carbocycles. The number of carbonyl (C=O) groups is 2. The van der Waals surface area contributed by atoms with Crippen LogP contribution in [0.15, 0.2) is 12.3 Å². The maximum atomic E-state index is 12.6. The molecule has 4 aliphatic carbocycles. The first-order valence-electron chi connectivity index (χ1n) is 8.54. The largest absolute Gasteiger partial charge is 0.480 e. The van der Waals surface area contributed by atoms with Crippen molar-refractivity contribution in [1.29, 1.82) is 0 Å². The van der Waals surface area contributed by atoms with E-state index in [0.29, 0.717) is 5.69 Å². The number of amides is 1. The predicted molar refractivity (Wildman–Crippen MR) is 82.9 cm³/mol. The van der Waals surface area contributed by atoms with Gasteiger partial charge in [-0.25, -0.2) is 4.79 Å². The Balaban J connectivity index is 1.49. The van der Waals surface area contributed by atoms with Gasteiger partial charge in [0.05, 0.1) is 0 Å². The lowest BCUT2D eigenvalue weighted by molar-refractivity contribution is -0.140. The van der Waals surface area contributed by atoms with E-state index in [1.54, 1.807) is 19.2 Å². The van der Waals surface area contributed by atoms with E-state index < -0.39 is 12.0 Å². The van der Waals surface area contributed by atoms with Crippen LogP contribution in [0, 0.1) is 17.8 Å². The van der Waals surface area contributed by atoms with Gasteiger partial charge in [0.25, 0.3) is 5.91 Å². The molecule has 4 bridgehead atoms. The van der Waals surface area contributed by atoms with Crippen LogP contribution in [0.25, 0.3) is 0 Å². The second kappa shape index (κ2) is 5.08. The van der Waals surface area contributed by atoms with E-state index in [2.05, 4.69) is 10.4 Å². The zero-order valence-corrected chi connectivity index (χ0v) is 13.4. The normalized spacial score (nSPS) is 36.0. The van der Waals surface area contributed by atoms with Crippen molar-refractivity contribution in [2.45, 2.75) is 57.0 Å². The zero-order chi connectivity index (χ0) is 16.2. The van der Waals surface area contributed by atoms with Crippen molar-refractivity contribution in [3.8, 4) is 0 Å². The highest BCUT2D eigenvalue weighted by atomic mass is 16.4. The summed E-state index contributed by atoms with van der Waals surface area (Å²) in [6, 6.07) is 0.839. The molecule has 0 radical (unpaired) electrons. The Labute approximate surface area is 135 Å². The van der Waals surface area contributed by atoms with Crippen LogP contribution < -0.4 is 5.32 Å². The Kier molecular flexibility index (Phi) is 3.25. The fourth-order valence-electron chi connectivity index (χ4n) is 5.36. The molecule has 0 aliphatic heterocycles. The highest BCUT2D eigenvalue weighted by Crippen LogP contribution is 2.55. The summed E-state index contributed by atoms with van der Waals surface area (Å²) in [6.45, 7) is 1.55. The molecule has 0 aromatic carbocycles. The molecule has 1 unspecified atom stereocenters. The first-order chi connectivity index (χ1) is 10.9. The van der Waals surface area contributed by atoms with E-state index in [9.17, 15) is 9.59 Å². The Morgan fingerprint density at radius 3 is 2.35 bits per heavy atom. The van der Waals surface area contributed by atoms with E-state index in [1.165, 1.54) is 23.9 Å². The molecule has 1 heterocycles. The van der Waals surface area contributed by atoms with Gasteiger partial charge in [0.1, 0.15) is 11.7 Å². The summed E-state index contributed by atoms with van der Waals surface area (Å²) >= 11 is 0. The molecular formula is C17H23N3O3. The van der Waals surface area contributed by atoms with Gasteiger partial charge in [-0.1, -0.05) is 0 Å². The van der Waals surface area contributed by atoms with Gasteiger partial charge in [0.15, 0.2) is 0 Å². The lowest BCUT2D eigenvalue weighted by Gasteiger charge is -2.56. The number of carboxylic acids is 1. The fraction of sp³-hybridized carbons (Fsp3) is 0.706. The number of nitrogens with one attached hydrogen (secondary N) is 1. The summed E-state index contributed by atoms with van der Waals surface area (Å²) in [5.74, 6) is 1.19. The van der Waals surface area contributed by atoms with Gasteiger partial charge >= 0.3 is 5.97 Å². The van der Waals surface area contributed by atoms with Gasteiger partial charge in [0, 0.05) is 11.7 Å². The zero-order valence-electron chi connectivity index (χ0n) is 13.4. The second-order valence-electron chi connectivity index (χ2n) is 7.85. The Morgan fingerprint density at radius 2 is 1.83 bits per heavy atom. The summed E-state index contributed by atoms with van der Waals surface area (Å²) in [6.07, 6.45) is 8.85. The molecule has 6 heteroatoms. The molecule has 0 spiro atoms. The number of nitrogens with zero attached hydrogens (tertiary/aromatic N) is 2. The minimum Gasteiger partial charge on any atom is -0.480 e. The maximum absolute atomic E-state index is 12.6. The average molecular weight is 317 g/mol. The SMILES string of the molecule is CC(C(=O)O)n1ccc(C(=O)NC23CC4CC(CC(C4)C2)C3)n1. The first kappa shape index (κ1) is 14.7. The molecule has 4 fully saturated rings. The minimum absolute atomic E-state index is 0.0476. The average Bonchev–Trinajstić information content (AvgIpc) is 2.94. The molecule has 1 atom stereocenters. The number of aromatic nitrogens is 2. The maximum Gasteiger partial charge on any atom is 0.328 e.